The van der Waals surface area contributed by atoms with Crippen LogP contribution in [-0.4, -0.2) is 24.8 Å². The highest BCUT2D eigenvalue weighted by molar-refractivity contribution is 6.04. The molecule has 26 heavy (non-hydrogen) atoms. The van der Waals surface area contributed by atoms with Crippen LogP contribution in [0.15, 0.2) is 41.0 Å². The average Bonchev–Trinajstić information content (AvgIpc) is 3.00. The van der Waals surface area contributed by atoms with Gasteiger partial charge >= 0.3 is 0 Å². The number of ether oxygens (including phenoxy) is 1. The maximum Gasteiger partial charge on any atom is 0.272 e. The molecule has 3 aromatic rings. The van der Waals surface area contributed by atoms with Crippen molar-refractivity contribution in [2.45, 2.75) is 25.2 Å². The molecular weight excluding hydrogens is 344 g/mol. The number of carbonyl (C=O) groups is 2. The topological polar surface area (TPSA) is 68.5 Å². The van der Waals surface area contributed by atoms with Crippen LogP contribution in [-0.2, 0) is 9.59 Å². The predicted molar refractivity (Wildman–Crippen MR) is 90.3 cm³/mol. The van der Waals surface area contributed by atoms with Gasteiger partial charge < -0.3 is 9.15 Å². The number of nitrogens with one attached hydrogen (secondary N) is 1. The van der Waals surface area contributed by atoms with Gasteiger partial charge in [-0.25, -0.2) is 8.78 Å². The number of carbonyl (C=O) groups excluding carboxylic acids is 2. The fourth-order valence-corrected chi connectivity index (χ4v) is 3.28. The van der Waals surface area contributed by atoms with Gasteiger partial charge in [-0.1, -0.05) is 6.07 Å². The number of rotatable bonds is 4. The van der Waals surface area contributed by atoms with Crippen molar-refractivity contribution in [1.82, 2.24) is 5.32 Å². The third-order valence-electron chi connectivity index (χ3n) is 4.52. The molecule has 0 bridgehead atoms. The molecule has 5 nitrogen and oxygen atoms in total. The van der Waals surface area contributed by atoms with Crippen molar-refractivity contribution in [2.75, 3.05) is 6.61 Å². The van der Waals surface area contributed by atoms with Crippen molar-refractivity contribution >= 4 is 33.6 Å². The molecule has 2 aromatic carbocycles. The number of fused-ring (bicyclic) bond motifs is 2. The van der Waals surface area contributed by atoms with Crippen LogP contribution in [0.4, 0.5) is 8.78 Å². The Bertz CT molecular complexity index is 1010. The molecule has 0 saturated carbocycles. The molecule has 1 aliphatic rings. The second-order valence-electron chi connectivity index (χ2n) is 6.25. The molecule has 4 rings (SSSR count). The number of alkyl halides is 2. The summed E-state index contributed by atoms with van der Waals surface area (Å²) in [7, 11) is 0. The van der Waals surface area contributed by atoms with E-state index in [4.69, 9.17) is 9.15 Å². The lowest BCUT2D eigenvalue weighted by Gasteiger charge is -2.19. The summed E-state index contributed by atoms with van der Waals surface area (Å²) in [5, 5.41) is 4.77. The zero-order valence-electron chi connectivity index (χ0n) is 13.6. The average molecular weight is 359 g/mol. The van der Waals surface area contributed by atoms with Gasteiger partial charge in [0, 0.05) is 17.4 Å². The molecule has 1 saturated heterocycles. The monoisotopic (exact) mass is 359 g/mol. The van der Waals surface area contributed by atoms with Crippen LogP contribution < -0.4 is 10.1 Å². The van der Waals surface area contributed by atoms with Crippen LogP contribution >= 0.6 is 0 Å². The van der Waals surface area contributed by atoms with E-state index in [1.54, 1.807) is 18.2 Å². The first-order valence-electron chi connectivity index (χ1n) is 8.21. The SMILES string of the molecule is O=C1CC[C@@H](c2coc3cc4ccc(OCC(F)F)cc4cc23)C(=O)N1. The van der Waals surface area contributed by atoms with Gasteiger partial charge in [-0.3, -0.25) is 14.9 Å². The first kappa shape index (κ1) is 16.5. The molecule has 1 atom stereocenters. The Morgan fingerprint density at radius 3 is 2.81 bits per heavy atom. The van der Waals surface area contributed by atoms with Crippen LogP contribution in [0.5, 0.6) is 5.75 Å². The molecule has 0 aliphatic carbocycles. The number of halogens is 2. The third kappa shape index (κ3) is 3.00. The summed E-state index contributed by atoms with van der Waals surface area (Å²) in [6.45, 7) is -0.666. The van der Waals surface area contributed by atoms with E-state index in [2.05, 4.69) is 5.32 Å². The number of amides is 2. The lowest BCUT2D eigenvalue weighted by atomic mass is 9.90. The number of hydrogen-bond acceptors (Lipinski definition) is 4. The minimum atomic E-state index is -2.54. The summed E-state index contributed by atoms with van der Waals surface area (Å²) in [6, 6.07) is 8.75. The summed E-state index contributed by atoms with van der Waals surface area (Å²) < 4.78 is 35.3. The number of benzene rings is 2. The van der Waals surface area contributed by atoms with Crippen LogP contribution in [0.1, 0.15) is 24.3 Å². The Labute approximate surface area is 146 Å². The molecule has 1 N–H and O–H groups in total. The van der Waals surface area contributed by atoms with E-state index < -0.39 is 19.0 Å². The maximum absolute atomic E-state index is 12.3. The first-order chi connectivity index (χ1) is 12.5. The van der Waals surface area contributed by atoms with Crippen LogP contribution in [0.3, 0.4) is 0 Å². The van der Waals surface area contributed by atoms with Crippen molar-refractivity contribution in [1.29, 1.82) is 0 Å². The molecular formula is C19H15F2NO4. The smallest absolute Gasteiger partial charge is 0.272 e. The van der Waals surface area contributed by atoms with Gasteiger partial charge in [0.25, 0.3) is 6.43 Å². The highest BCUT2D eigenvalue weighted by Crippen LogP contribution is 2.35. The van der Waals surface area contributed by atoms with Crippen molar-refractivity contribution < 1.29 is 27.5 Å². The fourth-order valence-electron chi connectivity index (χ4n) is 3.28. The van der Waals surface area contributed by atoms with E-state index in [-0.39, 0.29) is 18.2 Å². The molecule has 2 amide bonds. The summed E-state index contributed by atoms with van der Waals surface area (Å²) in [4.78, 5) is 23.5. The molecule has 0 unspecified atom stereocenters. The number of furan rings is 1. The molecule has 134 valence electrons. The highest BCUT2D eigenvalue weighted by Gasteiger charge is 2.30. The first-order valence-corrected chi connectivity index (χ1v) is 8.21. The van der Waals surface area contributed by atoms with Crippen molar-refractivity contribution in [3.05, 3.63) is 42.2 Å². The van der Waals surface area contributed by atoms with E-state index in [9.17, 15) is 18.4 Å². The Morgan fingerprint density at radius 2 is 2.04 bits per heavy atom. The minimum Gasteiger partial charge on any atom is -0.488 e. The Balaban J connectivity index is 1.74. The molecule has 7 heteroatoms. The van der Waals surface area contributed by atoms with E-state index in [1.807, 2.05) is 12.1 Å². The van der Waals surface area contributed by atoms with Gasteiger partial charge in [-0.05, 0) is 41.5 Å². The summed E-state index contributed by atoms with van der Waals surface area (Å²) in [5.74, 6) is -0.712. The van der Waals surface area contributed by atoms with Crippen LogP contribution in [0, 0.1) is 0 Å². The predicted octanol–water partition coefficient (Wildman–Crippen LogP) is 3.75. The van der Waals surface area contributed by atoms with Crippen molar-refractivity contribution in [3.8, 4) is 5.75 Å². The van der Waals surface area contributed by atoms with E-state index in [0.717, 1.165) is 16.2 Å². The highest BCUT2D eigenvalue weighted by atomic mass is 19.3. The summed E-state index contributed by atoms with van der Waals surface area (Å²) in [6.07, 6.45) is -0.296. The maximum atomic E-state index is 12.3. The zero-order chi connectivity index (χ0) is 18.3. The van der Waals surface area contributed by atoms with Gasteiger partial charge in [0.05, 0.1) is 12.2 Å². The quantitative estimate of drug-likeness (QED) is 0.721. The molecule has 1 aliphatic heterocycles. The van der Waals surface area contributed by atoms with Crippen LogP contribution in [0.25, 0.3) is 21.7 Å². The van der Waals surface area contributed by atoms with E-state index in [0.29, 0.717) is 23.3 Å². The molecule has 2 heterocycles. The third-order valence-corrected chi connectivity index (χ3v) is 4.52. The normalized spacial score (nSPS) is 17.9. The van der Waals surface area contributed by atoms with Gasteiger partial charge in [-0.15, -0.1) is 0 Å². The lowest BCUT2D eigenvalue weighted by molar-refractivity contribution is -0.134. The van der Waals surface area contributed by atoms with Crippen molar-refractivity contribution in [3.63, 3.8) is 0 Å². The molecule has 0 spiro atoms. The minimum absolute atomic E-state index is 0.273. The molecule has 1 aromatic heterocycles. The Hall–Kier alpha value is -2.96. The number of piperidine rings is 1. The standard InChI is InChI=1S/C19H15F2NO4/c20-17(21)9-25-12-2-1-10-7-16-14(6-11(10)5-12)15(8-26-16)13-3-4-18(23)22-19(13)24/h1-2,5-8,13,17H,3-4,9H2,(H,22,23,24)/t13-/m0/s1. The lowest BCUT2D eigenvalue weighted by Crippen LogP contribution is -2.39. The summed E-state index contributed by atoms with van der Waals surface area (Å²) in [5.41, 5.74) is 1.34. The van der Waals surface area contributed by atoms with Gasteiger partial charge in [0.1, 0.15) is 17.9 Å². The Morgan fingerprint density at radius 1 is 1.19 bits per heavy atom. The fraction of sp³-hybridized carbons (Fsp3) is 0.263. The van der Waals surface area contributed by atoms with E-state index >= 15 is 0 Å². The zero-order valence-corrected chi connectivity index (χ0v) is 13.6. The van der Waals surface area contributed by atoms with Crippen molar-refractivity contribution in [2.24, 2.45) is 0 Å². The van der Waals surface area contributed by atoms with E-state index in [1.165, 1.54) is 6.26 Å². The Kier molecular flexibility index (Phi) is 4.06. The van der Waals surface area contributed by atoms with Gasteiger partial charge in [-0.2, -0.15) is 0 Å². The van der Waals surface area contributed by atoms with Crippen LogP contribution in [0.2, 0.25) is 0 Å². The molecule has 1 fully saturated rings. The van der Waals surface area contributed by atoms with Gasteiger partial charge in [0.15, 0.2) is 0 Å². The number of hydrogen-bond donors (Lipinski definition) is 1. The second-order valence-corrected chi connectivity index (χ2v) is 6.25. The molecule has 0 radical (unpaired) electrons. The van der Waals surface area contributed by atoms with Gasteiger partial charge in [0.2, 0.25) is 11.8 Å². The second kappa shape index (κ2) is 6.40. The number of imide groups is 1. The largest absolute Gasteiger partial charge is 0.488 e. The summed E-state index contributed by atoms with van der Waals surface area (Å²) >= 11 is 0.